The number of amides is 2. The van der Waals surface area contributed by atoms with Crippen LogP contribution < -0.4 is 10.6 Å². The van der Waals surface area contributed by atoms with Crippen LogP contribution in [0.5, 0.6) is 0 Å². The van der Waals surface area contributed by atoms with Crippen LogP contribution in [0.2, 0.25) is 0 Å². The second kappa shape index (κ2) is 9.62. The highest BCUT2D eigenvalue weighted by Gasteiger charge is 2.40. The molecule has 0 spiro atoms. The number of nitrogens with zero attached hydrogens (tertiary/aromatic N) is 2. The first-order valence-corrected chi connectivity index (χ1v) is 11.0. The van der Waals surface area contributed by atoms with Crippen LogP contribution in [-0.4, -0.2) is 67.9 Å². The Morgan fingerprint density at radius 2 is 2.33 bits per heavy atom. The van der Waals surface area contributed by atoms with E-state index < -0.39 is 0 Å². The summed E-state index contributed by atoms with van der Waals surface area (Å²) in [6.07, 6.45) is 6.49. The van der Waals surface area contributed by atoms with Crippen LogP contribution >= 0.6 is 11.8 Å². The van der Waals surface area contributed by atoms with Crippen molar-refractivity contribution in [1.29, 1.82) is 0 Å². The van der Waals surface area contributed by atoms with Gasteiger partial charge < -0.3 is 15.5 Å². The van der Waals surface area contributed by atoms with E-state index in [1.165, 1.54) is 12.8 Å². The SMILES string of the molecule is C=CCN(C)C[C@@H]1CN2CC[C@H]1C[C@@H]2CNC(=O)Nc1cccc(SC)c1. The minimum Gasteiger partial charge on any atom is -0.336 e. The molecule has 2 N–H and O–H groups in total. The highest BCUT2D eigenvalue weighted by atomic mass is 32.2. The van der Waals surface area contributed by atoms with Gasteiger partial charge in [0, 0.05) is 42.8 Å². The number of rotatable bonds is 8. The molecule has 3 heterocycles. The van der Waals surface area contributed by atoms with Crippen molar-refractivity contribution in [3.05, 3.63) is 36.9 Å². The second-order valence-corrected chi connectivity index (χ2v) is 8.65. The molecule has 4 atom stereocenters. The van der Waals surface area contributed by atoms with Crippen LogP contribution in [-0.2, 0) is 0 Å². The van der Waals surface area contributed by atoms with Crippen molar-refractivity contribution in [3.63, 3.8) is 0 Å². The van der Waals surface area contributed by atoms with Gasteiger partial charge in [0.25, 0.3) is 0 Å². The Morgan fingerprint density at radius 3 is 3.04 bits per heavy atom. The highest BCUT2D eigenvalue weighted by molar-refractivity contribution is 7.98. The van der Waals surface area contributed by atoms with E-state index in [0.29, 0.717) is 6.04 Å². The maximum atomic E-state index is 12.3. The van der Waals surface area contributed by atoms with Gasteiger partial charge in [-0.2, -0.15) is 0 Å². The van der Waals surface area contributed by atoms with E-state index in [2.05, 4.69) is 34.1 Å². The number of piperidine rings is 3. The summed E-state index contributed by atoms with van der Waals surface area (Å²) >= 11 is 1.67. The van der Waals surface area contributed by atoms with Gasteiger partial charge in [-0.1, -0.05) is 12.1 Å². The smallest absolute Gasteiger partial charge is 0.319 e. The molecule has 3 fully saturated rings. The zero-order valence-corrected chi connectivity index (χ0v) is 17.3. The number of hydrogen-bond donors (Lipinski definition) is 2. The van der Waals surface area contributed by atoms with E-state index in [1.807, 2.05) is 36.6 Å². The fourth-order valence-electron chi connectivity index (χ4n) is 4.45. The zero-order chi connectivity index (χ0) is 19.2. The summed E-state index contributed by atoms with van der Waals surface area (Å²) in [5, 5.41) is 6.03. The normalized spacial score (nSPS) is 26.8. The summed E-state index contributed by atoms with van der Waals surface area (Å²) in [5.74, 6) is 1.51. The Hall–Kier alpha value is -1.50. The number of carbonyl (C=O) groups is 1. The van der Waals surface area contributed by atoms with Gasteiger partial charge in [0.2, 0.25) is 0 Å². The molecule has 0 aliphatic carbocycles. The predicted molar refractivity (Wildman–Crippen MR) is 115 cm³/mol. The first-order chi connectivity index (χ1) is 13.1. The van der Waals surface area contributed by atoms with Gasteiger partial charge in [0.1, 0.15) is 0 Å². The second-order valence-electron chi connectivity index (χ2n) is 7.77. The van der Waals surface area contributed by atoms with E-state index in [0.717, 1.165) is 55.1 Å². The average molecular weight is 389 g/mol. The molecule has 1 aromatic carbocycles. The Labute approximate surface area is 167 Å². The predicted octanol–water partition coefficient (Wildman–Crippen LogP) is 3.36. The minimum atomic E-state index is -0.113. The molecule has 3 aliphatic heterocycles. The van der Waals surface area contributed by atoms with Gasteiger partial charge in [0.05, 0.1) is 0 Å². The van der Waals surface area contributed by atoms with Crippen LogP contribution in [0.25, 0.3) is 0 Å². The van der Waals surface area contributed by atoms with Crippen molar-refractivity contribution >= 4 is 23.5 Å². The third kappa shape index (κ3) is 5.50. The quantitative estimate of drug-likeness (QED) is 0.530. The highest BCUT2D eigenvalue weighted by Crippen LogP contribution is 2.36. The van der Waals surface area contributed by atoms with Gasteiger partial charge in [-0.3, -0.25) is 4.90 Å². The molecule has 3 aliphatic rings. The van der Waals surface area contributed by atoms with Crippen molar-refractivity contribution in [2.75, 3.05) is 51.3 Å². The third-order valence-corrected chi connectivity index (χ3v) is 6.55. The Bertz CT molecular complexity index is 653. The standard InChI is InChI=1S/C21H32N4OS/c1-4-9-24(2)14-17-15-25-10-8-16(17)11-19(25)13-22-21(26)23-18-6-5-7-20(12-18)27-3/h4-7,12,16-17,19H,1,8-11,13-15H2,2-3H3,(H2,22,23,26)/t16-,17+,19+/m0/s1. The maximum absolute atomic E-state index is 12.3. The molecule has 0 saturated carbocycles. The van der Waals surface area contributed by atoms with Crippen LogP contribution in [0.15, 0.2) is 41.8 Å². The number of fused-ring (bicyclic) bond motifs is 3. The van der Waals surface area contributed by atoms with E-state index in [-0.39, 0.29) is 6.03 Å². The number of urea groups is 1. The summed E-state index contributed by atoms with van der Waals surface area (Å²) in [6, 6.07) is 8.29. The lowest BCUT2D eigenvalue weighted by molar-refractivity contribution is -0.00709. The Kier molecular flexibility index (Phi) is 7.21. The molecule has 27 heavy (non-hydrogen) atoms. The van der Waals surface area contributed by atoms with Gasteiger partial charge in [0.15, 0.2) is 0 Å². The molecule has 0 radical (unpaired) electrons. The third-order valence-electron chi connectivity index (χ3n) is 5.83. The van der Waals surface area contributed by atoms with Crippen molar-refractivity contribution < 1.29 is 4.79 Å². The fourth-order valence-corrected chi connectivity index (χ4v) is 4.91. The molecular weight excluding hydrogens is 356 g/mol. The number of hydrogen-bond acceptors (Lipinski definition) is 4. The van der Waals surface area contributed by atoms with E-state index in [1.54, 1.807) is 11.8 Å². The summed E-state index contributed by atoms with van der Waals surface area (Å²) < 4.78 is 0. The zero-order valence-electron chi connectivity index (χ0n) is 16.5. The summed E-state index contributed by atoms with van der Waals surface area (Å²) in [6.45, 7) is 8.96. The van der Waals surface area contributed by atoms with Crippen molar-refractivity contribution in [1.82, 2.24) is 15.1 Å². The molecule has 1 unspecified atom stereocenters. The molecule has 148 valence electrons. The largest absolute Gasteiger partial charge is 0.336 e. The molecule has 4 rings (SSSR count). The number of thioether (sulfide) groups is 1. The van der Waals surface area contributed by atoms with Crippen LogP contribution in [0.1, 0.15) is 12.8 Å². The van der Waals surface area contributed by atoms with Crippen molar-refractivity contribution in [3.8, 4) is 0 Å². The lowest BCUT2D eigenvalue weighted by atomic mass is 9.75. The van der Waals surface area contributed by atoms with Gasteiger partial charge in [-0.05, 0) is 62.7 Å². The monoisotopic (exact) mass is 388 g/mol. The van der Waals surface area contributed by atoms with Gasteiger partial charge in [-0.25, -0.2) is 4.79 Å². The Morgan fingerprint density at radius 1 is 1.48 bits per heavy atom. The summed E-state index contributed by atoms with van der Waals surface area (Å²) in [5.41, 5.74) is 0.843. The van der Waals surface area contributed by atoms with Gasteiger partial charge in [-0.15, -0.1) is 18.3 Å². The lowest BCUT2D eigenvalue weighted by Crippen LogP contribution is -2.58. The summed E-state index contributed by atoms with van der Waals surface area (Å²) in [4.78, 5) is 18.4. The van der Waals surface area contributed by atoms with Crippen molar-refractivity contribution in [2.24, 2.45) is 11.8 Å². The molecule has 6 heteroatoms. The van der Waals surface area contributed by atoms with Crippen LogP contribution in [0.3, 0.4) is 0 Å². The minimum absolute atomic E-state index is 0.113. The van der Waals surface area contributed by atoms with Crippen molar-refractivity contribution in [2.45, 2.75) is 23.8 Å². The molecule has 1 aromatic rings. The molecule has 2 bridgehead atoms. The first-order valence-electron chi connectivity index (χ1n) is 9.81. The van der Waals surface area contributed by atoms with Crippen LogP contribution in [0.4, 0.5) is 10.5 Å². The summed E-state index contributed by atoms with van der Waals surface area (Å²) in [7, 11) is 2.18. The number of likely N-dealkylation sites (N-methyl/N-ethyl adjacent to an activating group) is 1. The van der Waals surface area contributed by atoms with Gasteiger partial charge >= 0.3 is 6.03 Å². The first kappa shape index (κ1) is 20.2. The number of carbonyl (C=O) groups excluding carboxylic acids is 1. The molecule has 2 amide bonds. The lowest BCUT2D eigenvalue weighted by Gasteiger charge is -2.50. The molecular formula is C21H32N4OS. The Balaban J connectivity index is 1.45. The average Bonchev–Trinajstić information content (AvgIpc) is 2.67. The molecule has 0 aromatic heterocycles. The molecule has 5 nitrogen and oxygen atoms in total. The number of nitrogens with one attached hydrogen (secondary N) is 2. The topological polar surface area (TPSA) is 47.6 Å². The number of anilines is 1. The molecule has 3 saturated heterocycles. The number of benzene rings is 1. The fraction of sp³-hybridized carbons (Fsp3) is 0.571. The van der Waals surface area contributed by atoms with E-state index >= 15 is 0 Å². The van der Waals surface area contributed by atoms with E-state index in [4.69, 9.17) is 0 Å². The van der Waals surface area contributed by atoms with Crippen LogP contribution in [0, 0.1) is 11.8 Å². The van der Waals surface area contributed by atoms with E-state index in [9.17, 15) is 4.79 Å². The maximum Gasteiger partial charge on any atom is 0.319 e.